The van der Waals surface area contributed by atoms with E-state index in [0.717, 1.165) is 29.4 Å². The summed E-state index contributed by atoms with van der Waals surface area (Å²) in [7, 11) is 1.64. The first-order valence-corrected chi connectivity index (χ1v) is 9.19. The minimum Gasteiger partial charge on any atom is -0.496 e. The van der Waals surface area contributed by atoms with Crippen molar-refractivity contribution in [1.29, 1.82) is 0 Å². The number of carbonyl (C=O) groups excluding carboxylic acids is 1. The SMILES string of the molecule is C=C(C)C(=O)OC(COCCCC)COc1ccc(OC)c2ccccc12. The fourth-order valence-corrected chi connectivity index (χ4v) is 2.56. The number of esters is 1. The summed E-state index contributed by atoms with van der Waals surface area (Å²) >= 11 is 0. The molecule has 2 aromatic rings. The molecule has 0 saturated heterocycles. The van der Waals surface area contributed by atoms with Crippen LogP contribution in [0.3, 0.4) is 0 Å². The van der Waals surface area contributed by atoms with Gasteiger partial charge in [-0.1, -0.05) is 44.2 Å². The highest BCUT2D eigenvalue weighted by atomic mass is 16.6. The summed E-state index contributed by atoms with van der Waals surface area (Å²) in [4.78, 5) is 11.9. The molecule has 0 aliphatic heterocycles. The topological polar surface area (TPSA) is 54.0 Å². The Labute approximate surface area is 160 Å². The Hall–Kier alpha value is -2.53. The lowest BCUT2D eigenvalue weighted by atomic mass is 10.1. The summed E-state index contributed by atoms with van der Waals surface area (Å²) in [6.45, 7) is 8.45. The van der Waals surface area contributed by atoms with Gasteiger partial charge in [0, 0.05) is 23.0 Å². The summed E-state index contributed by atoms with van der Waals surface area (Å²) in [6, 6.07) is 11.6. The minimum atomic E-state index is -0.507. The molecule has 146 valence electrons. The van der Waals surface area contributed by atoms with Crippen LogP contribution in [0.15, 0.2) is 48.6 Å². The Morgan fingerprint density at radius 2 is 1.74 bits per heavy atom. The molecule has 0 N–H and O–H groups in total. The van der Waals surface area contributed by atoms with E-state index >= 15 is 0 Å². The number of rotatable bonds is 11. The average Bonchev–Trinajstić information content (AvgIpc) is 2.68. The van der Waals surface area contributed by atoms with Gasteiger partial charge < -0.3 is 18.9 Å². The smallest absolute Gasteiger partial charge is 0.333 e. The number of fused-ring (bicyclic) bond motifs is 1. The van der Waals surface area contributed by atoms with Crippen molar-refractivity contribution in [3.05, 3.63) is 48.6 Å². The van der Waals surface area contributed by atoms with Crippen molar-refractivity contribution in [2.24, 2.45) is 0 Å². The molecule has 0 fully saturated rings. The van der Waals surface area contributed by atoms with E-state index in [4.69, 9.17) is 18.9 Å². The Kier molecular flexibility index (Phi) is 8.14. The van der Waals surface area contributed by atoms with Crippen LogP contribution in [0.5, 0.6) is 11.5 Å². The zero-order valence-corrected chi connectivity index (χ0v) is 16.3. The van der Waals surface area contributed by atoms with Crippen LogP contribution in [0, 0.1) is 0 Å². The summed E-state index contributed by atoms with van der Waals surface area (Å²) in [5, 5.41) is 1.90. The maximum absolute atomic E-state index is 11.9. The molecule has 0 spiro atoms. The maximum atomic E-state index is 11.9. The molecule has 0 aliphatic rings. The summed E-state index contributed by atoms with van der Waals surface area (Å²) in [6.07, 6.45) is 1.50. The van der Waals surface area contributed by atoms with Crippen LogP contribution in [0.4, 0.5) is 0 Å². The summed E-state index contributed by atoms with van der Waals surface area (Å²) in [5.41, 5.74) is 0.350. The van der Waals surface area contributed by atoms with Gasteiger partial charge in [0.2, 0.25) is 0 Å². The molecule has 1 atom stereocenters. The van der Waals surface area contributed by atoms with Crippen LogP contribution < -0.4 is 9.47 Å². The molecular formula is C22H28O5. The summed E-state index contributed by atoms with van der Waals surface area (Å²) < 4.78 is 22.5. The quantitative estimate of drug-likeness (QED) is 0.329. The zero-order chi connectivity index (χ0) is 19.6. The second-order valence-corrected chi connectivity index (χ2v) is 6.36. The molecule has 0 heterocycles. The number of unbranched alkanes of at least 4 members (excludes halogenated alkanes) is 1. The van der Waals surface area contributed by atoms with Crippen LogP contribution >= 0.6 is 0 Å². The lowest BCUT2D eigenvalue weighted by molar-refractivity contribution is -0.149. The van der Waals surface area contributed by atoms with E-state index in [0.29, 0.717) is 17.9 Å². The number of benzene rings is 2. The first-order valence-electron chi connectivity index (χ1n) is 9.19. The van der Waals surface area contributed by atoms with Gasteiger partial charge in [0.15, 0.2) is 6.10 Å². The maximum Gasteiger partial charge on any atom is 0.333 e. The normalized spacial score (nSPS) is 11.8. The lowest BCUT2D eigenvalue weighted by Gasteiger charge is -2.20. The van der Waals surface area contributed by atoms with Crippen molar-refractivity contribution in [1.82, 2.24) is 0 Å². The van der Waals surface area contributed by atoms with E-state index in [1.54, 1.807) is 14.0 Å². The van der Waals surface area contributed by atoms with Crippen LogP contribution in [0.25, 0.3) is 10.8 Å². The number of ether oxygens (including phenoxy) is 4. The molecule has 0 aliphatic carbocycles. The molecule has 0 saturated carbocycles. The number of hydrogen-bond donors (Lipinski definition) is 0. The van der Waals surface area contributed by atoms with Crippen molar-refractivity contribution in [2.45, 2.75) is 32.8 Å². The Balaban J connectivity index is 2.09. The molecule has 0 bridgehead atoms. The van der Waals surface area contributed by atoms with Crippen LogP contribution in [-0.2, 0) is 14.3 Å². The van der Waals surface area contributed by atoms with Crippen molar-refractivity contribution < 1.29 is 23.7 Å². The van der Waals surface area contributed by atoms with Gasteiger partial charge in [-0.2, -0.15) is 0 Å². The van der Waals surface area contributed by atoms with E-state index < -0.39 is 12.1 Å². The first-order chi connectivity index (χ1) is 13.1. The number of carbonyl (C=O) groups is 1. The van der Waals surface area contributed by atoms with Gasteiger partial charge >= 0.3 is 5.97 Å². The largest absolute Gasteiger partial charge is 0.496 e. The van der Waals surface area contributed by atoms with Gasteiger partial charge in [0.1, 0.15) is 18.1 Å². The van der Waals surface area contributed by atoms with Crippen molar-refractivity contribution in [3.8, 4) is 11.5 Å². The van der Waals surface area contributed by atoms with E-state index in [1.807, 2.05) is 36.4 Å². The summed E-state index contributed by atoms with van der Waals surface area (Å²) in [5.74, 6) is 1.05. The predicted molar refractivity (Wildman–Crippen MR) is 106 cm³/mol. The molecule has 1 unspecified atom stereocenters. The Morgan fingerprint density at radius 1 is 1.07 bits per heavy atom. The molecule has 0 radical (unpaired) electrons. The highest BCUT2D eigenvalue weighted by Gasteiger charge is 2.17. The standard InChI is InChI=1S/C22H28O5/c1-5-6-13-25-14-17(27-22(23)16(2)3)15-26-21-12-11-20(24-4)18-9-7-8-10-19(18)21/h7-12,17H,2,5-6,13-15H2,1,3-4H3. The van der Waals surface area contributed by atoms with Crippen LogP contribution in [-0.4, -0.2) is 39.0 Å². The fourth-order valence-electron chi connectivity index (χ4n) is 2.56. The monoisotopic (exact) mass is 372 g/mol. The number of hydrogen-bond acceptors (Lipinski definition) is 5. The molecule has 27 heavy (non-hydrogen) atoms. The Morgan fingerprint density at radius 3 is 2.37 bits per heavy atom. The second kappa shape index (κ2) is 10.6. The molecule has 2 rings (SSSR count). The van der Waals surface area contributed by atoms with Crippen molar-refractivity contribution in [3.63, 3.8) is 0 Å². The van der Waals surface area contributed by atoms with E-state index in [-0.39, 0.29) is 13.2 Å². The van der Waals surface area contributed by atoms with Gasteiger partial charge in [-0.05, 0) is 25.5 Å². The highest BCUT2D eigenvalue weighted by molar-refractivity contribution is 5.93. The predicted octanol–water partition coefficient (Wildman–Crippen LogP) is 4.53. The molecule has 2 aromatic carbocycles. The highest BCUT2D eigenvalue weighted by Crippen LogP contribution is 2.32. The molecule has 5 heteroatoms. The first kappa shape index (κ1) is 20.8. The third-order valence-electron chi connectivity index (χ3n) is 4.06. The Bertz CT molecular complexity index is 768. The molecule has 5 nitrogen and oxygen atoms in total. The third-order valence-corrected chi connectivity index (χ3v) is 4.06. The van der Waals surface area contributed by atoms with E-state index in [2.05, 4.69) is 13.5 Å². The molecule has 0 aromatic heterocycles. The van der Waals surface area contributed by atoms with Gasteiger partial charge in [0.25, 0.3) is 0 Å². The van der Waals surface area contributed by atoms with E-state index in [9.17, 15) is 4.79 Å². The average molecular weight is 372 g/mol. The van der Waals surface area contributed by atoms with Gasteiger partial charge in [-0.3, -0.25) is 0 Å². The number of methoxy groups -OCH3 is 1. The minimum absolute atomic E-state index is 0.196. The molecular weight excluding hydrogens is 344 g/mol. The zero-order valence-electron chi connectivity index (χ0n) is 16.3. The van der Waals surface area contributed by atoms with Crippen LogP contribution in [0.1, 0.15) is 26.7 Å². The molecule has 0 amide bonds. The fraction of sp³-hybridized carbons (Fsp3) is 0.409. The van der Waals surface area contributed by atoms with Gasteiger partial charge in [0.05, 0.1) is 13.7 Å². The van der Waals surface area contributed by atoms with E-state index in [1.165, 1.54) is 0 Å². The third kappa shape index (κ3) is 6.00. The van der Waals surface area contributed by atoms with Crippen molar-refractivity contribution in [2.75, 3.05) is 26.9 Å². The second-order valence-electron chi connectivity index (χ2n) is 6.36. The van der Waals surface area contributed by atoms with Crippen molar-refractivity contribution >= 4 is 16.7 Å². The van der Waals surface area contributed by atoms with Crippen LogP contribution in [0.2, 0.25) is 0 Å². The lowest BCUT2D eigenvalue weighted by Crippen LogP contribution is -2.30. The van der Waals surface area contributed by atoms with Gasteiger partial charge in [-0.15, -0.1) is 0 Å². The van der Waals surface area contributed by atoms with Gasteiger partial charge in [-0.25, -0.2) is 4.79 Å².